The second-order valence-corrected chi connectivity index (χ2v) is 4.81. The van der Waals surface area contributed by atoms with Crippen molar-refractivity contribution in [1.29, 1.82) is 0 Å². The number of amides is 1. The van der Waals surface area contributed by atoms with Crippen molar-refractivity contribution in [3.8, 4) is 0 Å². The van der Waals surface area contributed by atoms with E-state index in [0.717, 1.165) is 16.8 Å². The topological polar surface area (TPSA) is 60.0 Å². The largest absolute Gasteiger partial charge is 0.416 e. The number of nitrogen functional groups attached to an aromatic ring is 1. The smallest absolute Gasteiger partial charge is 0.339 e. The van der Waals surface area contributed by atoms with Crippen LogP contribution in [-0.4, -0.2) is 10.6 Å². The molecule has 2 aromatic rings. The molecule has 2 rings (SSSR count). The molecular weight excluding hydrogens is 339 g/mol. The minimum Gasteiger partial charge on any atom is -0.339 e. The van der Waals surface area contributed by atoms with E-state index in [-0.39, 0.29) is 11.4 Å². The van der Waals surface area contributed by atoms with Crippen LogP contribution in [0.1, 0.15) is 16.1 Å². The summed E-state index contributed by atoms with van der Waals surface area (Å²) < 4.78 is 39.2. The zero-order chi connectivity index (χ0) is 14.9. The number of carbonyl (C=O) groups is 1. The van der Waals surface area contributed by atoms with Crippen LogP contribution < -0.4 is 11.2 Å². The molecular formula is C12H9BrF3N3O. The number of anilines is 1. The van der Waals surface area contributed by atoms with Crippen LogP contribution in [0.4, 0.5) is 18.9 Å². The van der Waals surface area contributed by atoms with Gasteiger partial charge in [-0.1, -0.05) is 6.07 Å². The summed E-state index contributed by atoms with van der Waals surface area (Å²) in [6, 6.07) is 5.92. The summed E-state index contributed by atoms with van der Waals surface area (Å²) >= 11 is 3.14. The monoisotopic (exact) mass is 347 g/mol. The van der Waals surface area contributed by atoms with Crippen LogP contribution >= 0.6 is 15.9 Å². The number of hydrogen-bond acceptors (Lipinski definition) is 2. The van der Waals surface area contributed by atoms with Gasteiger partial charge in [-0.25, -0.2) is 0 Å². The molecule has 0 fully saturated rings. The van der Waals surface area contributed by atoms with Crippen LogP contribution in [0.25, 0.3) is 0 Å². The summed E-state index contributed by atoms with van der Waals surface area (Å²) in [5.74, 6) is 4.93. The molecule has 106 valence electrons. The molecule has 0 unspecified atom stereocenters. The average molecular weight is 348 g/mol. The first-order chi connectivity index (χ1) is 9.29. The number of carbonyl (C=O) groups excluding carboxylic acids is 1. The zero-order valence-corrected chi connectivity index (χ0v) is 11.5. The van der Waals surface area contributed by atoms with Gasteiger partial charge in [0, 0.05) is 11.9 Å². The molecule has 1 aromatic heterocycles. The lowest BCUT2D eigenvalue weighted by molar-refractivity contribution is -0.137. The second-order valence-electron chi connectivity index (χ2n) is 3.95. The van der Waals surface area contributed by atoms with E-state index >= 15 is 0 Å². The summed E-state index contributed by atoms with van der Waals surface area (Å²) in [7, 11) is 0. The van der Waals surface area contributed by atoms with E-state index in [4.69, 9.17) is 5.84 Å². The van der Waals surface area contributed by atoms with E-state index in [9.17, 15) is 18.0 Å². The maximum absolute atomic E-state index is 12.6. The van der Waals surface area contributed by atoms with Gasteiger partial charge >= 0.3 is 6.18 Å². The molecule has 0 saturated heterocycles. The Morgan fingerprint density at radius 3 is 2.55 bits per heavy atom. The van der Waals surface area contributed by atoms with Gasteiger partial charge in [0.15, 0.2) is 0 Å². The molecule has 0 aliphatic rings. The molecule has 0 radical (unpaired) electrons. The number of benzene rings is 1. The Bertz CT molecular complexity index is 632. The first kappa shape index (κ1) is 14.4. The second kappa shape index (κ2) is 5.20. The quantitative estimate of drug-likeness (QED) is 0.819. The minimum absolute atomic E-state index is 0.0397. The van der Waals surface area contributed by atoms with Crippen molar-refractivity contribution < 1.29 is 18.0 Å². The van der Waals surface area contributed by atoms with Crippen LogP contribution in [0.15, 0.2) is 41.0 Å². The summed E-state index contributed by atoms with van der Waals surface area (Å²) in [6.45, 7) is 0. The van der Waals surface area contributed by atoms with Crippen LogP contribution in [0.5, 0.6) is 0 Å². The summed E-state index contributed by atoms with van der Waals surface area (Å²) in [4.78, 5) is 12.0. The molecule has 0 spiro atoms. The molecule has 1 aromatic carbocycles. The van der Waals surface area contributed by atoms with E-state index in [1.165, 1.54) is 18.3 Å². The standard InChI is InChI=1S/C12H9BrF3N3O/c13-9-4-5-19(17)10(9)11(20)18-8-3-1-2-7(6-8)12(14,15)16/h1-6H,17H2,(H,18,20). The molecule has 0 bridgehead atoms. The van der Waals surface area contributed by atoms with Crippen LogP contribution in [0, 0.1) is 0 Å². The zero-order valence-electron chi connectivity index (χ0n) is 9.91. The molecule has 0 saturated carbocycles. The Kier molecular flexibility index (Phi) is 3.76. The highest BCUT2D eigenvalue weighted by Gasteiger charge is 2.30. The van der Waals surface area contributed by atoms with E-state index < -0.39 is 17.6 Å². The lowest BCUT2D eigenvalue weighted by Gasteiger charge is -2.10. The number of hydrogen-bond donors (Lipinski definition) is 2. The lowest BCUT2D eigenvalue weighted by Crippen LogP contribution is -2.21. The maximum atomic E-state index is 12.6. The van der Waals surface area contributed by atoms with E-state index in [0.29, 0.717) is 4.47 Å². The third kappa shape index (κ3) is 2.96. The number of aromatic nitrogens is 1. The van der Waals surface area contributed by atoms with Crippen molar-refractivity contribution in [1.82, 2.24) is 4.68 Å². The van der Waals surface area contributed by atoms with E-state index in [1.54, 1.807) is 6.07 Å². The Morgan fingerprint density at radius 1 is 1.30 bits per heavy atom. The van der Waals surface area contributed by atoms with Gasteiger partial charge in [-0.2, -0.15) is 13.2 Å². The van der Waals surface area contributed by atoms with Crippen LogP contribution in [0.2, 0.25) is 0 Å². The van der Waals surface area contributed by atoms with Crippen molar-refractivity contribution >= 4 is 27.5 Å². The highest BCUT2D eigenvalue weighted by molar-refractivity contribution is 9.10. The Hall–Kier alpha value is -1.96. The third-order valence-corrected chi connectivity index (χ3v) is 3.17. The molecule has 3 N–H and O–H groups in total. The molecule has 1 heterocycles. The SMILES string of the molecule is Nn1ccc(Br)c1C(=O)Nc1cccc(C(F)(F)F)c1. The fraction of sp³-hybridized carbons (Fsp3) is 0.0833. The van der Waals surface area contributed by atoms with Gasteiger partial charge in [-0.05, 0) is 40.2 Å². The van der Waals surface area contributed by atoms with Gasteiger partial charge in [-0.3, -0.25) is 9.47 Å². The normalized spacial score (nSPS) is 11.4. The lowest BCUT2D eigenvalue weighted by atomic mass is 10.2. The first-order valence-corrected chi connectivity index (χ1v) is 6.19. The predicted octanol–water partition coefficient (Wildman–Crippen LogP) is 3.24. The molecule has 8 heteroatoms. The Balaban J connectivity index is 2.25. The maximum Gasteiger partial charge on any atom is 0.416 e. The van der Waals surface area contributed by atoms with Gasteiger partial charge in [0.2, 0.25) is 0 Å². The van der Waals surface area contributed by atoms with E-state index in [1.807, 2.05) is 0 Å². The minimum atomic E-state index is -4.46. The van der Waals surface area contributed by atoms with Crippen molar-refractivity contribution in [3.63, 3.8) is 0 Å². The summed E-state index contributed by atoms with van der Waals surface area (Å²) in [5, 5.41) is 2.37. The molecule has 0 aliphatic carbocycles. The van der Waals surface area contributed by atoms with Gasteiger partial charge in [0.25, 0.3) is 5.91 Å². The molecule has 0 aliphatic heterocycles. The predicted molar refractivity (Wildman–Crippen MR) is 71.7 cm³/mol. The highest BCUT2D eigenvalue weighted by atomic mass is 79.9. The first-order valence-electron chi connectivity index (χ1n) is 5.39. The van der Waals surface area contributed by atoms with Crippen molar-refractivity contribution in [3.05, 3.63) is 52.3 Å². The van der Waals surface area contributed by atoms with Crippen molar-refractivity contribution in [2.24, 2.45) is 0 Å². The Labute approximate surface area is 120 Å². The van der Waals surface area contributed by atoms with Crippen molar-refractivity contribution in [2.45, 2.75) is 6.18 Å². The number of nitrogens with two attached hydrogens (primary N) is 1. The number of nitrogens with zero attached hydrogens (tertiary/aromatic N) is 1. The van der Waals surface area contributed by atoms with Crippen LogP contribution in [-0.2, 0) is 6.18 Å². The van der Waals surface area contributed by atoms with E-state index in [2.05, 4.69) is 21.2 Å². The molecule has 0 atom stereocenters. The number of halogens is 4. The van der Waals surface area contributed by atoms with Gasteiger partial charge in [-0.15, -0.1) is 0 Å². The molecule has 4 nitrogen and oxygen atoms in total. The number of nitrogens with one attached hydrogen (secondary N) is 1. The van der Waals surface area contributed by atoms with Gasteiger partial charge in [0.1, 0.15) is 5.69 Å². The number of alkyl halides is 3. The Morgan fingerprint density at radius 2 is 2.00 bits per heavy atom. The van der Waals surface area contributed by atoms with Crippen molar-refractivity contribution in [2.75, 3.05) is 11.2 Å². The van der Waals surface area contributed by atoms with Crippen LogP contribution in [0.3, 0.4) is 0 Å². The summed E-state index contributed by atoms with van der Waals surface area (Å²) in [5.41, 5.74) is -0.683. The molecule has 1 amide bonds. The van der Waals surface area contributed by atoms with Gasteiger partial charge < -0.3 is 11.2 Å². The highest BCUT2D eigenvalue weighted by Crippen LogP contribution is 2.30. The summed E-state index contributed by atoms with van der Waals surface area (Å²) in [6.07, 6.45) is -3.01. The van der Waals surface area contributed by atoms with Gasteiger partial charge in [0.05, 0.1) is 10.0 Å². The average Bonchev–Trinajstić information content (AvgIpc) is 2.68. The molecule has 20 heavy (non-hydrogen) atoms. The fourth-order valence-electron chi connectivity index (χ4n) is 1.61. The third-order valence-electron chi connectivity index (χ3n) is 2.53. The number of rotatable bonds is 2. The fourth-order valence-corrected chi connectivity index (χ4v) is 2.11.